The number of amides is 2. The zero-order chi connectivity index (χ0) is 20.1. The Morgan fingerprint density at radius 2 is 1.96 bits per heavy atom. The van der Waals surface area contributed by atoms with Gasteiger partial charge in [0.1, 0.15) is 6.04 Å². The number of aryl methyl sites for hydroxylation is 1. The molecule has 0 saturated heterocycles. The summed E-state index contributed by atoms with van der Waals surface area (Å²) in [5, 5.41) is 2.82. The second-order valence-electron chi connectivity index (χ2n) is 7.67. The number of thiazole rings is 1. The number of carbonyl (C=O) groups excluding carboxylic acids is 2. The Bertz CT molecular complexity index is 829. The lowest BCUT2D eigenvalue weighted by atomic mass is 9.82. The molecule has 1 fully saturated rings. The third-order valence-electron chi connectivity index (χ3n) is 5.16. The van der Waals surface area contributed by atoms with Gasteiger partial charge in [0.2, 0.25) is 5.91 Å². The van der Waals surface area contributed by atoms with Gasteiger partial charge in [-0.3, -0.25) is 9.59 Å². The van der Waals surface area contributed by atoms with E-state index in [4.69, 9.17) is 5.73 Å². The Kier molecular flexibility index (Phi) is 6.61. The van der Waals surface area contributed by atoms with Crippen molar-refractivity contribution in [2.75, 3.05) is 4.72 Å². The molecule has 2 aromatic rings. The molecule has 4 N–H and O–H groups in total. The van der Waals surface area contributed by atoms with Crippen molar-refractivity contribution in [2.45, 2.75) is 56.3 Å². The number of rotatable bonds is 8. The topological polar surface area (TPSA) is 97.1 Å². The number of nitrogens with one attached hydrogen (secondary N) is 2. The maximum absolute atomic E-state index is 12.6. The minimum atomic E-state index is -0.642. The fourth-order valence-corrected chi connectivity index (χ4v) is 5.18. The zero-order valence-electron chi connectivity index (χ0n) is 16.2. The van der Waals surface area contributed by atoms with E-state index in [1.807, 2.05) is 25.3 Å². The molecule has 3 rings (SSSR count). The number of hydrogen-bond acceptors (Lipinski definition) is 6. The van der Waals surface area contributed by atoms with Crippen molar-refractivity contribution in [3.63, 3.8) is 0 Å². The minimum Gasteiger partial charge on any atom is -0.368 e. The second-order valence-corrected chi connectivity index (χ2v) is 9.96. The molecular formula is C20H26N4O2S2. The van der Waals surface area contributed by atoms with Crippen LogP contribution in [0.15, 0.2) is 34.8 Å². The van der Waals surface area contributed by atoms with Gasteiger partial charge >= 0.3 is 0 Å². The first-order valence-corrected chi connectivity index (χ1v) is 11.0. The Morgan fingerprint density at radius 1 is 1.29 bits per heavy atom. The summed E-state index contributed by atoms with van der Waals surface area (Å²) >= 11 is 3.05. The minimum absolute atomic E-state index is 0.0756. The fraction of sp³-hybridized carbons (Fsp3) is 0.450. The van der Waals surface area contributed by atoms with E-state index >= 15 is 0 Å². The van der Waals surface area contributed by atoms with E-state index in [-0.39, 0.29) is 11.3 Å². The molecule has 0 bridgehead atoms. The van der Waals surface area contributed by atoms with Crippen LogP contribution >= 0.6 is 23.3 Å². The summed E-state index contributed by atoms with van der Waals surface area (Å²) in [6.07, 6.45) is 6.92. The predicted molar refractivity (Wildman–Crippen MR) is 114 cm³/mol. The molecule has 1 aliphatic rings. The van der Waals surface area contributed by atoms with Gasteiger partial charge in [0.15, 0.2) is 4.34 Å². The van der Waals surface area contributed by atoms with Crippen molar-refractivity contribution >= 4 is 40.8 Å². The molecule has 150 valence electrons. The molecule has 1 atom stereocenters. The lowest BCUT2D eigenvalue weighted by Crippen LogP contribution is -2.46. The third kappa shape index (κ3) is 5.48. The first kappa shape index (κ1) is 20.7. The van der Waals surface area contributed by atoms with E-state index in [2.05, 4.69) is 21.9 Å². The van der Waals surface area contributed by atoms with Gasteiger partial charge in [0.25, 0.3) is 5.91 Å². The summed E-state index contributed by atoms with van der Waals surface area (Å²) in [5.41, 5.74) is 7.00. The molecule has 1 aromatic carbocycles. The molecular weight excluding hydrogens is 392 g/mol. The largest absolute Gasteiger partial charge is 0.368 e. The SMILES string of the molecule is Cc1cnc(SNc2ccc(C(=O)N[C@@H](CC3(C)CCCC3)C(N)=O)cc2)s1. The van der Waals surface area contributed by atoms with Crippen molar-refractivity contribution < 1.29 is 9.59 Å². The van der Waals surface area contributed by atoms with Gasteiger partial charge in [0, 0.05) is 34.3 Å². The molecule has 8 heteroatoms. The highest BCUT2D eigenvalue weighted by atomic mass is 32.2. The monoisotopic (exact) mass is 418 g/mol. The van der Waals surface area contributed by atoms with Crippen LogP contribution in [0, 0.1) is 12.3 Å². The van der Waals surface area contributed by atoms with Crippen molar-refractivity contribution in [1.82, 2.24) is 10.3 Å². The molecule has 0 aliphatic heterocycles. The molecule has 0 radical (unpaired) electrons. The summed E-state index contributed by atoms with van der Waals surface area (Å²) in [6, 6.07) is 6.50. The summed E-state index contributed by atoms with van der Waals surface area (Å²) in [4.78, 5) is 29.9. The van der Waals surface area contributed by atoms with E-state index < -0.39 is 11.9 Å². The van der Waals surface area contributed by atoms with Crippen LogP contribution in [-0.2, 0) is 4.79 Å². The first-order chi connectivity index (χ1) is 13.3. The van der Waals surface area contributed by atoms with Gasteiger partial charge < -0.3 is 15.8 Å². The summed E-state index contributed by atoms with van der Waals surface area (Å²) in [7, 11) is 0. The molecule has 0 spiro atoms. The summed E-state index contributed by atoms with van der Waals surface area (Å²) in [5.74, 6) is -0.755. The summed E-state index contributed by atoms with van der Waals surface area (Å²) < 4.78 is 4.15. The Morgan fingerprint density at radius 3 is 2.54 bits per heavy atom. The van der Waals surface area contributed by atoms with Gasteiger partial charge in [0.05, 0.1) is 0 Å². The number of carbonyl (C=O) groups is 2. The smallest absolute Gasteiger partial charge is 0.251 e. The van der Waals surface area contributed by atoms with E-state index in [1.165, 1.54) is 24.8 Å². The van der Waals surface area contributed by atoms with Crippen LogP contribution in [0.1, 0.15) is 54.3 Å². The third-order valence-corrected chi connectivity index (χ3v) is 6.98. The number of primary amides is 1. The zero-order valence-corrected chi connectivity index (χ0v) is 17.8. The van der Waals surface area contributed by atoms with E-state index in [0.29, 0.717) is 12.0 Å². The van der Waals surface area contributed by atoms with Crippen molar-refractivity contribution in [3.8, 4) is 0 Å². The molecule has 6 nitrogen and oxygen atoms in total. The van der Waals surface area contributed by atoms with Crippen molar-refractivity contribution in [1.29, 1.82) is 0 Å². The first-order valence-electron chi connectivity index (χ1n) is 9.40. The van der Waals surface area contributed by atoms with Crippen LogP contribution in [-0.4, -0.2) is 22.8 Å². The number of nitrogens with two attached hydrogens (primary N) is 1. The molecule has 1 heterocycles. The maximum atomic E-state index is 12.6. The molecule has 1 aromatic heterocycles. The molecule has 2 amide bonds. The standard InChI is InChI=1S/C20H26N4O2S2/c1-13-12-22-19(27-13)28-24-15-7-5-14(6-8-15)18(26)23-16(17(21)25)11-20(2)9-3-4-10-20/h5-8,12,16,24H,3-4,9-11H2,1-2H3,(H2,21,25)(H,23,26)/t16-/m0/s1. The van der Waals surface area contributed by atoms with Gasteiger partial charge in [-0.05, 0) is 55.9 Å². The Labute approximate surface area is 173 Å². The lowest BCUT2D eigenvalue weighted by Gasteiger charge is -2.28. The van der Waals surface area contributed by atoms with E-state index in [1.54, 1.807) is 23.5 Å². The highest BCUT2D eigenvalue weighted by molar-refractivity contribution is 8.02. The number of benzene rings is 1. The van der Waals surface area contributed by atoms with Crippen LogP contribution in [0.3, 0.4) is 0 Å². The Balaban J connectivity index is 1.57. The average molecular weight is 419 g/mol. The number of hydrogen-bond donors (Lipinski definition) is 3. The highest BCUT2D eigenvalue weighted by Crippen LogP contribution is 2.41. The van der Waals surface area contributed by atoms with Crippen LogP contribution in [0.5, 0.6) is 0 Å². The summed E-state index contributed by atoms with van der Waals surface area (Å²) in [6.45, 7) is 4.19. The Hall–Kier alpha value is -2.06. The molecule has 0 unspecified atom stereocenters. The van der Waals surface area contributed by atoms with Crippen LogP contribution in [0.2, 0.25) is 0 Å². The average Bonchev–Trinajstić information content (AvgIpc) is 3.28. The maximum Gasteiger partial charge on any atom is 0.251 e. The van der Waals surface area contributed by atoms with Gasteiger partial charge in [-0.25, -0.2) is 4.98 Å². The predicted octanol–water partition coefficient (Wildman–Crippen LogP) is 4.12. The number of aromatic nitrogens is 1. The van der Waals surface area contributed by atoms with Crippen molar-refractivity contribution in [2.24, 2.45) is 11.1 Å². The lowest BCUT2D eigenvalue weighted by molar-refractivity contribution is -0.120. The fourth-order valence-electron chi connectivity index (χ4n) is 3.56. The van der Waals surface area contributed by atoms with Crippen molar-refractivity contribution in [3.05, 3.63) is 40.9 Å². The van der Waals surface area contributed by atoms with Crippen LogP contribution < -0.4 is 15.8 Å². The van der Waals surface area contributed by atoms with Gasteiger partial charge in [-0.2, -0.15) is 0 Å². The number of nitrogens with zero attached hydrogens (tertiary/aromatic N) is 1. The van der Waals surface area contributed by atoms with E-state index in [9.17, 15) is 9.59 Å². The normalized spacial score (nSPS) is 16.5. The molecule has 28 heavy (non-hydrogen) atoms. The van der Waals surface area contributed by atoms with Gasteiger partial charge in [-0.1, -0.05) is 19.8 Å². The highest BCUT2D eigenvalue weighted by Gasteiger charge is 2.34. The van der Waals surface area contributed by atoms with Gasteiger partial charge in [-0.15, -0.1) is 11.3 Å². The molecule has 1 saturated carbocycles. The number of anilines is 1. The second kappa shape index (κ2) is 8.96. The molecule has 1 aliphatic carbocycles. The van der Waals surface area contributed by atoms with E-state index in [0.717, 1.165) is 27.7 Å². The quantitative estimate of drug-likeness (QED) is 0.560. The van der Waals surface area contributed by atoms with Crippen LogP contribution in [0.4, 0.5) is 5.69 Å². The van der Waals surface area contributed by atoms with Crippen LogP contribution in [0.25, 0.3) is 0 Å².